The molecule has 170 valence electrons. The number of nitrogens with one attached hydrogen (secondary N) is 2. The Bertz CT molecular complexity index is 1210. The number of carbonyl (C=O) groups is 3. The molecule has 0 fully saturated rings. The van der Waals surface area contributed by atoms with Gasteiger partial charge in [-0.1, -0.05) is 60.7 Å². The van der Waals surface area contributed by atoms with Crippen molar-refractivity contribution in [2.24, 2.45) is 0 Å². The van der Waals surface area contributed by atoms with E-state index in [1.807, 2.05) is 22.9 Å². The highest BCUT2D eigenvalue weighted by molar-refractivity contribution is 7.89. The van der Waals surface area contributed by atoms with Crippen molar-refractivity contribution in [3.8, 4) is 0 Å². The fourth-order valence-electron chi connectivity index (χ4n) is 2.72. The summed E-state index contributed by atoms with van der Waals surface area (Å²) in [6.07, 6.45) is 1.08. The Kier molecular flexibility index (Phi) is 7.87. The largest absolute Gasteiger partial charge is 0.460 e. The molecule has 3 aromatic rings. The Morgan fingerprint density at radius 2 is 1.45 bits per heavy atom. The lowest BCUT2D eigenvalue weighted by atomic mass is 10.2. The Morgan fingerprint density at radius 3 is 2.06 bits per heavy atom. The molecule has 3 rings (SSSR count). The molecule has 0 atom stereocenters. The standard InChI is InChI=1S/C23H21N3O6S/c27-21(32-15-17-7-3-1-4-8-17)14-25-23(29)20-12-11-19(13-24-20)22(28)26-33(30,31)16-18-9-5-2-6-10-18/h1-13H,14-16H2,(H,25,29)(H,26,28). The first-order valence-electron chi connectivity index (χ1n) is 9.85. The molecule has 2 aromatic carbocycles. The maximum Gasteiger partial charge on any atom is 0.325 e. The molecule has 1 aromatic heterocycles. The first kappa shape index (κ1) is 23.6. The number of hydrogen-bond acceptors (Lipinski definition) is 7. The third kappa shape index (κ3) is 7.54. The van der Waals surface area contributed by atoms with Crippen LogP contribution in [0.5, 0.6) is 0 Å². The van der Waals surface area contributed by atoms with Crippen LogP contribution in [-0.2, 0) is 31.9 Å². The van der Waals surface area contributed by atoms with Crippen LogP contribution >= 0.6 is 0 Å². The lowest BCUT2D eigenvalue weighted by molar-refractivity contribution is -0.143. The number of benzene rings is 2. The van der Waals surface area contributed by atoms with Gasteiger partial charge in [0.05, 0.1) is 11.3 Å². The number of carbonyl (C=O) groups excluding carboxylic acids is 3. The van der Waals surface area contributed by atoms with Gasteiger partial charge in [0, 0.05) is 6.20 Å². The van der Waals surface area contributed by atoms with Gasteiger partial charge in [0.1, 0.15) is 18.8 Å². The van der Waals surface area contributed by atoms with Crippen molar-refractivity contribution < 1.29 is 27.5 Å². The monoisotopic (exact) mass is 467 g/mol. The van der Waals surface area contributed by atoms with E-state index in [0.29, 0.717) is 5.56 Å². The number of ether oxygens (including phenoxy) is 1. The Hall–Kier alpha value is -4.05. The van der Waals surface area contributed by atoms with Crippen LogP contribution in [0, 0.1) is 0 Å². The molecular weight excluding hydrogens is 446 g/mol. The van der Waals surface area contributed by atoms with Gasteiger partial charge >= 0.3 is 5.97 Å². The van der Waals surface area contributed by atoms with E-state index in [0.717, 1.165) is 11.8 Å². The van der Waals surface area contributed by atoms with Gasteiger partial charge in [-0.15, -0.1) is 0 Å². The third-order valence-corrected chi connectivity index (χ3v) is 5.55. The molecule has 0 radical (unpaired) electrons. The van der Waals surface area contributed by atoms with Crippen LogP contribution in [0.15, 0.2) is 79.0 Å². The number of hydrogen-bond donors (Lipinski definition) is 2. The molecule has 2 N–H and O–H groups in total. The van der Waals surface area contributed by atoms with E-state index in [1.54, 1.807) is 42.5 Å². The second kappa shape index (κ2) is 11.0. The average molecular weight is 468 g/mol. The fraction of sp³-hybridized carbons (Fsp3) is 0.130. The van der Waals surface area contributed by atoms with E-state index in [-0.39, 0.29) is 30.2 Å². The van der Waals surface area contributed by atoms with Gasteiger partial charge in [-0.2, -0.15) is 0 Å². The molecule has 0 saturated heterocycles. The molecule has 1 heterocycles. The number of pyridine rings is 1. The average Bonchev–Trinajstić information content (AvgIpc) is 2.82. The minimum absolute atomic E-state index is 0.0366. The molecule has 0 aliphatic rings. The second-order valence-corrected chi connectivity index (χ2v) is 8.66. The fourth-order valence-corrected chi connectivity index (χ4v) is 3.83. The van der Waals surface area contributed by atoms with E-state index in [9.17, 15) is 22.8 Å². The van der Waals surface area contributed by atoms with Crippen LogP contribution in [-0.4, -0.2) is 37.7 Å². The smallest absolute Gasteiger partial charge is 0.325 e. The van der Waals surface area contributed by atoms with Crippen LogP contribution in [0.25, 0.3) is 0 Å². The first-order chi connectivity index (χ1) is 15.8. The number of amides is 2. The topological polar surface area (TPSA) is 132 Å². The molecule has 0 spiro atoms. The van der Waals surface area contributed by atoms with Gasteiger partial charge < -0.3 is 10.1 Å². The number of esters is 1. The van der Waals surface area contributed by atoms with Crippen molar-refractivity contribution >= 4 is 27.8 Å². The molecule has 9 nitrogen and oxygen atoms in total. The lowest BCUT2D eigenvalue weighted by Gasteiger charge is -2.08. The van der Waals surface area contributed by atoms with Gasteiger partial charge in [0.15, 0.2) is 0 Å². The van der Waals surface area contributed by atoms with Crippen LogP contribution in [0.2, 0.25) is 0 Å². The maximum absolute atomic E-state index is 12.2. The molecule has 0 aliphatic heterocycles. The highest BCUT2D eigenvalue weighted by Gasteiger charge is 2.18. The zero-order valence-corrected chi connectivity index (χ0v) is 18.2. The lowest BCUT2D eigenvalue weighted by Crippen LogP contribution is -2.32. The second-order valence-electron chi connectivity index (χ2n) is 6.94. The summed E-state index contributed by atoms with van der Waals surface area (Å²) in [6.45, 7) is -0.266. The van der Waals surface area contributed by atoms with Crippen molar-refractivity contribution in [1.82, 2.24) is 15.0 Å². The quantitative estimate of drug-likeness (QED) is 0.459. The summed E-state index contributed by atoms with van der Waals surface area (Å²) in [7, 11) is -3.91. The highest BCUT2D eigenvalue weighted by atomic mass is 32.2. The number of sulfonamides is 1. The van der Waals surface area contributed by atoms with Gasteiger partial charge in [0.2, 0.25) is 10.0 Å². The summed E-state index contributed by atoms with van der Waals surface area (Å²) in [5.74, 6) is -2.48. The molecule has 0 bridgehead atoms. The highest BCUT2D eigenvalue weighted by Crippen LogP contribution is 2.06. The van der Waals surface area contributed by atoms with Gasteiger partial charge in [-0.3, -0.25) is 19.4 Å². The zero-order chi connectivity index (χ0) is 23.7. The summed E-state index contributed by atoms with van der Waals surface area (Å²) < 4.78 is 31.4. The Morgan fingerprint density at radius 1 is 0.818 bits per heavy atom. The molecule has 2 amide bonds. The summed E-state index contributed by atoms with van der Waals surface area (Å²) in [5, 5.41) is 2.38. The van der Waals surface area contributed by atoms with Crippen LogP contribution in [0.4, 0.5) is 0 Å². The van der Waals surface area contributed by atoms with E-state index in [4.69, 9.17) is 4.74 Å². The van der Waals surface area contributed by atoms with Crippen molar-refractivity contribution in [1.29, 1.82) is 0 Å². The molecule has 10 heteroatoms. The number of nitrogens with zero attached hydrogens (tertiary/aromatic N) is 1. The predicted molar refractivity (Wildman–Crippen MR) is 119 cm³/mol. The van der Waals surface area contributed by atoms with Gasteiger partial charge in [0.25, 0.3) is 11.8 Å². The Labute approximate surface area is 190 Å². The van der Waals surface area contributed by atoms with Crippen molar-refractivity contribution in [3.05, 3.63) is 101 Å². The van der Waals surface area contributed by atoms with E-state index < -0.39 is 27.8 Å². The first-order valence-corrected chi connectivity index (χ1v) is 11.5. The summed E-state index contributed by atoms with van der Waals surface area (Å²) >= 11 is 0. The third-order valence-electron chi connectivity index (χ3n) is 4.34. The number of aromatic nitrogens is 1. The normalized spacial score (nSPS) is 10.8. The number of rotatable bonds is 9. The van der Waals surface area contributed by atoms with Gasteiger partial charge in [-0.05, 0) is 23.3 Å². The maximum atomic E-state index is 12.2. The minimum Gasteiger partial charge on any atom is -0.460 e. The van der Waals surface area contributed by atoms with Crippen molar-refractivity contribution in [2.75, 3.05) is 6.54 Å². The summed E-state index contributed by atoms with van der Waals surface area (Å²) in [4.78, 5) is 40.1. The predicted octanol–water partition coefficient (Wildman–Crippen LogP) is 1.81. The SMILES string of the molecule is O=C(CNC(=O)c1ccc(C(=O)NS(=O)(=O)Cc2ccccc2)cn1)OCc1ccccc1. The molecule has 0 saturated carbocycles. The summed E-state index contributed by atoms with van der Waals surface area (Å²) in [5.41, 5.74) is 1.27. The molecule has 33 heavy (non-hydrogen) atoms. The van der Waals surface area contributed by atoms with Crippen LogP contribution < -0.4 is 10.0 Å². The van der Waals surface area contributed by atoms with Crippen LogP contribution in [0.1, 0.15) is 32.0 Å². The molecule has 0 unspecified atom stereocenters. The zero-order valence-electron chi connectivity index (χ0n) is 17.4. The van der Waals surface area contributed by atoms with E-state index >= 15 is 0 Å². The molecule has 0 aliphatic carbocycles. The summed E-state index contributed by atoms with van der Waals surface area (Å²) in [6, 6.07) is 20.0. The van der Waals surface area contributed by atoms with E-state index in [1.165, 1.54) is 12.1 Å². The van der Waals surface area contributed by atoms with E-state index in [2.05, 4.69) is 10.3 Å². The Balaban J connectivity index is 1.48. The minimum atomic E-state index is -3.91. The van der Waals surface area contributed by atoms with Crippen LogP contribution in [0.3, 0.4) is 0 Å². The van der Waals surface area contributed by atoms with Crippen molar-refractivity contribution in [3.63, 3.8) is 0 Å². The van der Waals surface area contributed by atoms with Gasteiger partial charge in [-0.25, -0.2) is 13.1 Å². The van der Waals surface area contributed by atoms with Crippen molar-refractivity contribution in [2.45, 2.75) is 12.4 Å². The molecular formula is C23H21N3O6S.